The Balaban J connectivity index is 1.51. The van der Waals surface area contributed by atoms with E-state index in [9.17, 15) is 0 Å². The smallest absolute Gasteiger partial charge is 0.142 e. The molecule has 1 aliphatic heterocycles. The Morgan fingerprint density at radius 2 is 0.643 bits per heavy atom. The summed E-state index contributed by atoms with van der Waals surface area (Å²) >= 11 is 0. The summed E-state index contributed by atoms with van der Waals surface area (Å²) in [4.78, 5) is 34.6. The zero-order chi connectivity index (χ0) is 27.9. The molecule has 0 saturated heterocycles. The van der Waals surface area contributed by atoms with E-state index in [1.807, 2.05) is 36.4 Å². The highest BCUT2D eigenvalue weighted by Gasteiger charge is 2.15. The van der Waals surface area contributed by atoms with E-state index in [2.05, 4.69) is 82.3 Å². The fraction of sp³-hybridized carbons (Fsp3) is 0.0588. The van der Waals surface area contributed by atoms with Gasteiger partial charge < -0.3 is 19.9 Å². The van der Waals surface area contributed by atoms with E-state index in [0.717, 1.165) is 88.3 Å². The molecule has 4 aromatic carbocycles. The molecular weight excluding hydrogens is 520 g/mol. The monoisotopic (exact) mass is 544 g/mol. The Hall–Kier alpha value is -5.76. The van der Waals surface area contributed by atoms with Gasteiger partial charge in [-0.1, -0.05) is 72.8 Å². The van der Waals surface area contributed by atoms with Crippen LogP contribution in [0.15, 0.2) is 105 Å². The molecule has 9 rings (SSSR count). The maximum atomic E-state index is 5.15. The zero-order valence-corrected chi connectivity index (χ0v) is 22.9. The Bertz CT molecular complexity index is 2480. The molecule has 8 bridgehead atoms. The first-order valence-corrected chi connectivity index (χ1v) is 13.9. The van der Waals surface area contributed by atoms with Crippen LogP contribution in [0.2, 0.25) is 0 Å². The van der Waals surface area contributed by atoms with Crippen LogP contribution in [0.3, 0.4) is 0 Å². The fourth-order valence-corrected chi connectivity index (χ4v) is 6.04. The number of nitrogens with zero attached hydrogens (tertiary/aromatic N) is 4. The fourth-order valence-electron chi connectivity index (χ4n) is 6.04. The van der Waals surface area contributed by atoms with Crippen LogP contribution >= 0.6 is 0 Å². The first kappa shape index (κ1) is 23.0. The van der Waals surface area contributed by atoms with Gasteiger partial charge in [-0.3, -0.25) is 0 Å². The lowest BCUT2D eigenvalue weighted by molar-refractivity contribution is 1.08. The number of aryl methyl sites for hydroxylation is 2. The summed E-state index contributed by atoms with van der Waals surface area (Å²) in [6, 6.07) is 28.9. The van der Waals surface area contributed by atoms with Crippen LogP contribution in [0.1, 0.15) is 11.1 Å². The predicted molar refractivity (Wildman–Crippen MR) is 166 cm³/mol. The first-order valence-electron chi connectivity index (χ1n) is 13.9. The standard InChI is InChI=1S/C34H24N8/c1-17-15-25-26(16-18(17)2)34-41-32-24-14-8-6-12-22(24)30(39-32)37-28-20-10-4-3-9-19(20)27(35-28)36-29-21-11-5-7-13-23(21)31(38-29)40-33(25)42-34/h3-16H,1-2H3,(H4,35,36,37,38,39,40,41,42). The molecular formula is C34H24N8. The molecule has 4 N–H and O–H groups in total. The SMILES string of the molecule is Cc1cc2c3[nH]c(c2cc1C)=Nc1[nH]c(c2ccccc12)N=c1[nH]c(c2ccccc12)=Nc1[nH]c(c2ccccc12)N=3. The van der Waals surface area contributed by atoms with Gasteiger partial charge in [-0.05, 0) is 37.1 Å². The lowest BCUT2D eigenvalue weighted by Gasteiger charge is -1.99. The van der Waals surface area contributed by atoms with Gasteiger partial charge in [0.15, 0.2) is 0 Å². The van der Waals surface area contributed by atoms with Gasteiger partial charge in [0.2, 0.25) is 0 Å². The van der Waals surface area contributed by atoms with E-state index in [0.29, 0.717) is 0 Å². The number of rotatable bonds is 0. The van der Waals surface area contributed by atoms with E-state index < -0.39 is 0 Å². The van der Waals surface area contributed by atoms with E-state index >= 15 is 0 Å². The molecule has 0 unspecified atom stereocenters. The first-order chi connectivity index (χ1) is 20.6. The highest BCUT2D eigenvalue weighted by molar-refractivity contribution is 6.01. The van der Waals surface area contributed by atoms with Crippen LogP contribution in [0.4, 0.5) is 23.3 Å². The Morgan fingerprint density at radius 3 is 0.976 bits per heavy atom. The molecule has 4 aromatic heterocycles. The maximum Gasteiger partial charge on any atom is 0.142 e. The third-order valence-corrected chi connectivity index (χ3v) is 8.30. The van der Waals surface area contributed by atoms with Gasteiger partial charge in [0.1, 0.15) is 45.2 Å². The molecule has 0 fully saturated rings. The van der Waals surface area contributed by atoms with Crippen molar-refractivity contribution in [3.8, 4) is 0 Å². The number of hydrogen-bond acceptors (Lipinski definition) is 4. The quantitative estimate of drug-likeness (QED) is 0.171. The van der Waals surface area contributed by atoms with Crippen LogP contribution in [-0.4, -0.2) is 19.9 Å². The van der Waals surface area contributed by atoms with Crippen molar-refractivity contribution >= 4 is 66.4 Å². The molecule has 8 heteroatoms. The molecule has 0 amide bonds. The largest absolute Gasteiger partial charge is 0.324 e. The number of hydrogen-bond donors (Lipinski definition) is 4. The Kier molecular flexibility index (Phi) is 4.58. The van der Waals surface area contributed by atoms with Gasteiger partial charge in [0.05, 0.1) is 0 Å². The highest BCUT2D eigenvalue weighted by atomic mass is 15.1. The van der Waals surface area contributed by atoms with Gasteiger partial charge in [-0.15, -0.1) is 0 Å². The maximum absolute atomic E-state index is 5.15. The summed E-state index contributed by atoms with van der Waals surface area (Å²) in [5, 5.41) is 7.97. The highest BCUT2D eigenvalue weighted by Crippen LogP contribution is 2.35. The summed E-state index contributed by atoms with van der Waals surface area (Å²) in [6.45, 7) is 4.25. The number of benzene rings is 4. The molecule has 0 atom stereocenters. The second kappa shape index (κ2) is 8.37. The zero-order valence-electron chi connectivity index (χ0n) is 22.9. The van der Waals surface area contributed by atoms with Gasteiger partial charge >= 0.3 is 0 Å². The lowest BCUT2D eigenvalue weighted by atomic mass is 10.1. The summed E-state index contributed by atoms with van der Waals surface area (Å²) in [5.74, 6) is 2.93. The average molecular weight is 545 g/mol. The molecule has 0 aliphatic carbocycles. The second-order valence-electron chi connectivity index (χ2n) is 10.9. The second-order valence-corrected chi connectivity index (χ2v) is 10.9. The summed E-state index contributed by atoms with van der Waals surface area (Å²) in [6.07, 6.45) is 0. The number of nitrogens with one attached hydrogen (secondary N) is 4. The van der Waals surface area contributed by atoms with Crippen molar-refractivity contribution < 1.29 is 0 Å². The number of aromatic nitrogens is 4. The van der Waals surface area contributed by atoms with E-state index in [1.54, 1.807) is 0 Å². The van der Waals surface area contributed by atoms with Crippen LogP contribution in [0.5, 0.6) is 0 Å². The molecule has 5 heterocycles. The van der Waals surface area contributed by atoms with Gasteiger partial charge in [-0.25, -0.2) is 20.0 Å². The molecule has 1 aliphatic rings. The van der Waals surface area contributed by atoms with E-state index in [4.69, 9.17) is 20.0 Å². The Morgan fingerprint density at radius 1 is 0.357 bits per heavy atom. The van der Waals surface area contributed by atoms with Crippen molar-refractivity contribution in [2.45, 2.75) is 13.8 Å². The normalized spacial score (nSPS) is 12.8. The average Bonchev–Trinajstić information content (AvgIpc) is 3.73. The van der Waals surface area contributed by atoms with Crippen LogP contribution < -0.4 is 22.0 Å². The molecule has 0 radical (unpaired) electrons. The van der Waals surface area contributed by atoms with E-state index in [1.165, 1.54) is 11.1 Å². The molecule has 0 saturated carbocycles. The third-order valence-electron chi connectivity index (χ3n) is 8.30. The molecule has 42 heavy (non-hydrogen) atoms. The summed E-state index contributed by atoms with van der Waals surface area (Å²) in [7, 11) is 0. The van der Waals surface area contributed by atoms with Gasteiger partial charge in [0, 0.05) is 43.1 Å². The molecule has 8 aromatic rings. The molecule has 8 nitrogen and oxygen atoms in total. The minimum atomic E-state index is 0.731. The van der Waals surface area contributed by atoms with Crippen molar-refractivity contribution in [1.29, 1.82) is 0 Å². The number of aromatic amines is 4. The number of H-pyrrole nitrogens is 4. The van der Waals surface area contributed by atoms with Gasteiger partial charge in [0.25, 0.3) is 0 Å². The van der Waals surface area contributed by atoms with Gasteiger partial charge in [-0.2, -0.15) is 0 Å². The van der Waals surface area contributed by atoms with E-state index in [-0.39, 0.29) is 0 Å². The molecule has 0 spiro atoms. The number of fused-ring (bicyclic) bond motifs is 20. The van der Waals surface area contributed by atoms with Crippen molar-refractivity contribution in [2.24, 2.45) is 20.0 Å². The van der Waals surface area contributed by atoms with Crippen LogP contribution in [0.25, 0.3) is 43.1 Å². The minimum Gasteiger partial charge on any atom is -0.324 e. The predicted octanol–water partition coefficient (Wildman–Crippen LogP) is 6.35. The third kappa shape index (κ3) is 3.29. The van der Waals surface area contributed by atoms with Crippen molar-refractivity contribution in [3.05, 3.63) is 118 Å². The van der Waals surface area contributed by atoms with Crippen molar-refractivity contribution in [1.82, 2.24) is 19.9 Å². The van der Waals surface area contributed by atoms with Crippen LogP contribution in [-0.2, 0) is 0 Å². The molecule has 200 valence electrons. The summed E-state index contributed by atoms with van der Waals surface area (Å²) in [5.41, 5.74) is 5.34. The topological polar surface area (TPSA) is 113 Å². The van der Waals surface area contributed by atoms with Crippen molar-refractivity contribution in [3.63, 3.8) is 0 Å². The van der Waals surface area contributed by atoms with Crippen LogP contribution in [0, 0.1) is 13.8 Å². The lowest BCUT2D eigenvalue weighted by Crippen LogP contribution is -2.10. The van der Waals surface area contributed by atoms with Crippen molar-refractivity contribution in [2.75, 3.05) is 0 Å². The summed E-state index contributed by atoms with van der Waals surface area (Å²) < 4.78 is 0. The minimum absolute atomic E-state index is 0.731. The Labute approximate surface area is 237 Å².